The summed E-state index contributed by atoms with van der Waals surface area (Å²) in [4.78, 5) is 0.110. The maximum absolute atomic E-state index is 12.2. The lowest BCUT2D eigenvalue weighted by atomic mass is 10.0. The Hall–Kier alpha value is -0.630. The minimum absolute atomic E-state index is 0.110. The first kappa shape index (κ1) is 14.8. The van der Waals surface area contributed by atoms with E-state index in [0.29, 0.717) is 17.6 Å². The van der Waals surface area contributed by atoms with Gasteiger partial charge in [0.15, 0.2) is 0 Å². The van der Waals surface area contributed by atoms with Crippen LogP contribution in [-0.2, 0) is 14.8 Å². The summed E-state index contributed by atoms with van der Waals surface area (Å²) in [6.45, 7) is 1.76. The van der Waals surface area contributed by atoms with Gasteiger partial charge in [0.2, 0.25) is 10.0 Å². The molecule has 1 aromatic rings. The average molecular weight is 349 g/mol. The monoisotopic (exact) mass is 348 g/mol. The molecule has 1 saturated heterocycles. The molecule has 0 saturated carbocycles. The molecular weight excluding hydrogens is 332 g/mol. The van der Waals surface area contributed by atoms with E-state index in [1.807, 2.05) is 0 Å². The molecule has 0 aromatic heterocycles. The molecule has 1 atom stereocenters. The molecule has 1 aromatic carbocycles. The molecule has 1 aliphatic heterocycles. The summed E-state index contributed by atoms with van der Waals surface area (Å²) in [6.07, 6.45) is 1.96. The molecule has 0 spiro atoms. The molecule has 2 rings (SSSR count). The van der Waals surface area contributed by atoms with Gasteiger partial charge in [0.1, 0.15) is 4.90 Å². The number of hydrogen-bond donors (Lipinski definition) is 2. The summed E-state index contributed by atoms with van der Waals surface area (Å²) in [5.74, 6) is 0.233. The lowest BCUT2D eigenvalue weighted by Gasteiger charge is -2.22. The van der Waals surface area contributed by atoms with Gasteiger partial charge in [-0.05, 0) is 37.0 Å². The van der Waals surface area contributed by atoms with Crippen LogP contribution in [0.4, 0.5) is 5.69 Å². The third-order valence-corrected chi connectivity index (χ3v) is 5.05. The molecular formula is C12H17BrN2O3S. The second-order valence-corrected chi connectivity index (χ2v) is 7.27. The first-order valence-corrected chi connectivity index (χ1v) is 8.39. The highest BCUT2D eigenvalue weighted by Crippen LogP contribution is 2.23. The summed E-state index contributed by atoms with van der Waals surface area (Å²) in [6, 6.07) is 4.79. The van der Waals surface area contributed by atoms with Gasteiger partial charge in [-0.3, -0.25) is 0 Å². The van der Waals surface area contributed by atoms with Crippen LogP contribution in [0.2, 0.25) is 0 Å². The fourth-order valence-electron chi connectivity index (χ4n) is 2.01. The zero-order valence-electron chi connectivity index (χ0n) is 10.4. The predicted octanol–water partition coefficient (Wildman–Crippen LogP) is 1.74. The number of benzene rings is 1. The van der Waals surface area contributed by atoms with Crippen molar-refractivity contribution in [2.24, 2.45) is 5.92 Å². The van der Waals surface area contributed by atoms with E-state index in [2.05, 4.69) is 20.7 Å². The van der Waals surface area contributed by atoms with Crippen molar-refractivity contribution in [3.05, 3.63) is 22.7 Å². The summed E-state index contributed by atoms with van der Waals surface area (Å²) in [5, 5.41) is 0. The second-order valence-electron chi connectivity index (χ2n) is 4.62. The summed E-state index contributed by atoms with van der Waals surface area (Å²) < 4.78 is 33.0. The van der Waals surface area contributed by atoms with Crippen LogP contribution in [0.3, 0.4) is 0 Å². The molecule has 1 unspecified atom stereocenters. The van der Waals surface area contributed by atoms with Gasteiger partial charge in [0.25, 0.3) is 0 Å². The number of halogens is 1. The number of nitrogens with one attached hydrogen (secondary N) is 1. The van der Waals surface area contributed by atoms with Crippen LogP contribution >= 0.6 is 15.9 Å². The van der Waals surface area contributed by atoms with Crippen LogP contribution in [0.25, 0.3) is 0 Å². The van der Waals surface area contributed by atoms with E-state index < -0.39 is 10.0 Å². The molecule has 0 bridgehead atoms. The van der Waals surface area contributed by atoms with Crippen molar-refractivity contribution in [1.29, 1.82) is 0 Å². The summed E-state index contributed by atoms with van der Waals surface area (Å²) in [7, 11) is -3.57. The molecule has 0 amide bonds. The minimum atomic E-state index is -3.57. The Bertz CT molecular complexity index is 542. The van der Waals surface area contributed by atoms with Crippen molar-refractivity contribution in [1.82, 2.24) is 4.72 Å². The third-order valence-electron chi connectivity index (χ3n) is 3.08. The number of rotatable bonds is 4. The van der Waals surface area contributed by atoms with Crippen LogP contribution < -0.4 is 10.5 Å². The molecule has 3 N–H and O–H groups in total. The summed E-state index contributed by atoms with van der Waals surface area (Å²) >= 11 is 3.25. The molecule has 106 valence electrons. The minimum Gasteiger partial charge on any atom is -0.398 e. The predicted molar refractivity (Wildman–Crippen MR) is 77.3 cm³/mol. The van der Waals surface area contributed by atoms with E-state index in [1.54, 1.807) is 12.1 Å². The Morgan fingerprint density at radius 1 is 1.47 bits per heavy atom. The fourth-order valence-corrected chi connectivity index (χ4v) is 3.80. The number of nitrogen functional groups attached to an aromatic ring is 1. The highest BCUT2D eigenvalue weighted by atomic mass is 79.9. The Morgan fingerprint density at radius 3 is 2.95 bits per heavy atom. The van der Waals surface area contributed by atoms with Gasteiger partial charge >= 0.3 is 0 Å². The molecule has 1 fully saturated rings. The fraction of sp³-hybridized carbons (Fsp3) is 0.500. The van der Waals surface area contributed by atoms with E-state index in [-0.39, 0.29) is 16.5 Å². The van der Waals surface area contributed by atoms with Gasteiger partial charge in [-0.15, -0.1) is 0 Å². The van der Waals surface area contributed by atoms with Gasteiger partial charge in [-0.2, -0.15) is 0 Å². The Morgan fingerprint density at radius 2 is 2.26 bits per heavy atom. The molecule has 7 heteroatoms. The van der Waals surface area contributed by atoms with Gasteiger partial charge < -0.3 is 10.5 Å². The SMILES string of the molecule is Nc1ccc(Br)cc1S(=O)(=O)NCC1CCCOC1. The highest BCUT2D eigenvalue weighted by Gasteiger charge is 2.21. The van der Waals surface area contributed by atoms with Crippen molar-refractivity contribution >= 4 is 31.6 Å². The number of ether oxygens (including phenoxy) is 1. The Balaban J connectivity index is 2.07. The second kappa shape index (κ2) is 6.21. The quantitative estimate of drug-likeness (QED) is 0.812. The van der Waals surface area contributed by atoms with E-state index in [1.165, 1.54) is 6.07 Å². The number of hydrogen-bond acceptors (Lipinski definition) is 4. The maximum Gasteiger partial charge on any atom is 0.242 e. The zero-order chi connectivity index (χ0) is 13.9. The molecule has 5 nitrogen and oxygen atoms in total. The number of sulfonamides is 1. The van der Waals surface area contributed by atoms with E-state index in [9.17, 15) is 8.42 Å². The van der Waals surface area contributed by atoms with Gasteiger partial charge in [0, 0.05) is 17.6 Å². The van der Waals surface area contributed by atoms with Gasteiger partial charge in [0.05, 0.1) is 12.3 Å². The molecule has 1 heterocycles. The van der Waals surface area contributed by atoms with Crippen molar-refractivity contribution in [2.75, 3.05) is 25.5 Å². The highest BCUT2D eigenvalue weighted by molar-refractivity contribution is 9.10. The maximum atomic E-state index is 12.2. The molecule has 19 heavy (non-hydrogen) atoms. The Kier molecular flexibility index (Phi) is 4.83. The van der Waals surface area contributed by atoms with Crippen molar-refractivity contribution in [3.8, 4) is 0 Å². The van der Waals surface area contributed by atoms with Crippen LogP contribution in [0.15, 0.2) is 27.6 Å². The van der Waals surface area contributed by atoms with Crippen molar-refractivity contribution in [3.63, 3.8) is 0 Å². The van der Waals surface area contributed by atoms with Crippen molar-refractivity contribution < 1.29 is 13.2 Å². The zero-order valence-corrected chi connectivity index (χ0v) is 12.8. The lowest BCUT2D eigenvalue weighted by molar-refractivity contribution is 0.0568. The first-order chi connectivity index (χ1) is 8.99. The summed E-state index contributed by atoms with van der Waals surface area (Å²) in [5.41, 5.74) is 5.97. The normalized spacial score (nSPS) is 20.4. The van der Waals surface area contributed by atoms with Crippen molar-refractivity contribution in [2.45, 2.75) is 17.7 Å². The van der Waals surface area contributed by atoms with E-state index >= 15 is 0 Å². The van der Waals surface area contributed by atoms with Crippen LogP contribution in [0.5, 0.6) is 0 Å². The lowest BCUT2D eigenvalue weighted by Crippen LogP contribution is -2.33. The molecule has 1 aliphatic rings. The Labute approximate surface area is 121 Å². The van der Waals surface area contributed by atoms with Crippen LogP contribution in [-0.4, -0.2) is 28.2 Å². The standard InChI is InChI=1S/C12H17BrN2O3S/c13-10-3-4-11(14)12(6-10)19(16,17)15-7-9-2-1-5-18-8-9/h3-4,6,9,15H,1-2,5,7-8,14H2. The number of anilines is 1. The molecule has 0 aliphatic carbocycles. The van der Waals surface area contributed by atoms with Crippen LogP contribution in [0, 0.1) is 5.92 Å². The van der Waals surface area contributed by atoms with Gasteiger partial charge in [-0.25, -0.2) is 13.1 Å². The smallest absolute Gasteiger partial charge is 0.242 e. The molecule has 0 radical (unpaired) electrons. The number of nitrogens with two attached hydrogens (primary N) is 1. The van der Waals surface area contributed by atoms with E-state index in [0.717, 1.165) is 19.4 Å². The van der Waals surface area contributed by atoms with Crippen LogP contribution in [0.1, 0.15) is 12.8 Å². The first-order valence-electron chi connectivity index (χ1n) is 6.11. The largest absolute Gasteiger partial charge is 0.398 e. The topological polar surface area (TPSA) is 81.4 Å². The third kappa shape index (κ3) is 3.92. The average Bonchev–Trinajstić information content (AvgIpc) is 2.40. The van der Waals surface area contributed by atoms with E-state index in [4.69, 9.17) is 10.5 Å². The van der Waals surface area contributed by atoms with Gasteiger partial charge in [-0.1, -0.05) is 15.9 Å².